The molecule has 2 heterocycles. The van der Waals surface area contributed by atoms with Gasteiger partial charge in [0.05, 0.1) is 10.8 Å². The quantitative estimate of drug-likeness (QED) is 0.717. The smallest absolute Gasteiger partial charge is 0.241 e. The first-order valence-electron chi connectivity index (χ1n) is 8.42. The van der Waals surface area contributed by atoms with Crippen LogP contribution in [0.15, 0.2) is 55.0 Å². The maximum atomic E-state index is 13.1. The minimum Gasteiger partial charge on any atom is -0.265 e. The molecule has 1 aromatic carbocycles. The number of hydrogen-bond donors (Lipinski definition) is 0. The lowest BCUT2D eigenvalue weighted by Gasteiger charge is -2.22. The Bertz CT molecular complexity index is 955. The molecule has 4 nitrogen and oxygen atoms in total. The Hall–Kier alpha value is -2.14. The highest BCUT2D eigenvalue weighted by atomic mass is 32.2. The van der Waals surface area contributed by atoms with Crippen LogP contribution in [0.2, 0.25) is 0 Å². The second-order valence-electron chi connectivity index (χ2n) is 6.43. The van der Waals surface area contributed by atoms with Crippen molar-refractivity contribution < 1.29 is 8.42 Å². The van der Waals surface area contributed by atoms with E-state index >= 15 is 0 Å². The fourth-order valence-corrected chi connectivity index (χ4v) is 5.49. The summed E-state index contributed by atoms with van der Waals surface area (Å²) in [7, 11) is -3.34. The lowest BCUT2D eigenvalue weighted by molar-refractivity contribution is 0.480. The highest BCUT2D eigenvalue weighted by molar-refractivity contribution is 7.90. The molecule has 0 saturated heterocycles. The Labute approximate surface area is 142 Å². The molecule has 24 heavy (non-hydrogen) atoms. The van der Waals surface area contributed by atoms with Crippen molar-refractivity contribution in [1.29, 1.82) is 0 Å². The van der Waals surface area contributed by atoms with Crippen molar-refractivity contribution in [3.63, 3.8) is 0 Å². The highest BCUT2D eigenvalue weighted by Gasteiger charge is 2.29. The first kappa shape index (κ1) is 15.4. The number of pyridine rings is 1. The van der Waals surface area contributed by atoms with Gasteiger partial charge in [0.1, 0.15) is 0 Å². The lowest BCUT2D eigenvalue weighted by atomic mass is 10.0. The van der Waals surface area contributed by atoms with Crippen molar-refractivity contribution in [1.82, 2.24) is 8.96 Å². The van der Waals surface area contributed by atoms with Gasteiger partial charge >= 0.3 is 0 Å². The van der Waals surface area contributed by atoms with Gasteiger partial charge in [-0.2, -0.15) is 0 Å². The van der Waals surface area contributed by atoms with Crippen LogP contribution in [0.25, 0.3) is 22.0 Å². The number of benzene rings is 1. The number of nitrogens with zero attached hydrogens (tertiary/aromatic N) is 2. The zero-order chi connectivity index (χ0) is 16.6. The van der Waals surface area contributed by atoms with E-state index in [0.29, 0.717) is 0 Å². The molecule has 0 bridgehead atoms. The predicted octanol–water partition coefficient (Wildman–Crippen LogP) is 4.21. The fraction of sp³-hybridized carbons (Fsp3) is 0.316. The SMILES string of the molecule is O=S(=O)(C1CCCCC1)n1ccc2ccc(-c3ccncc3)cc21. The molecule has 4 rings (SSSR count). The minimum absolute atomic E-state index is 0.258. The fourth-order valence-electron chi connectivity index (χ4n) is 3.57. The molecule has 3 aromatic rings. The van der Waals surface area contributed by atoms with Crippen molar-refractivity contribution in [3.05, 3.63) is 55.0 Å². The molecule has 0 atom stereocenters. The largest absolute Gasteiger partial charge is 0.265 e. The summed E-state index contributed by atoms with van der Waals surface area (Å²) in [6.07, 6.45) is 9.89. The normalized spacial score (nSPS) is 16.5. The molecule has 1 aliphatic rings. The van der Waals surface area contributed by atoms with E-state index < -0.39 is 10.0 Å². The summed E-state index contributed by atoms with van der Waals surface area (Å²) in [6, 6.07) is 11.7. The van der Waals surface area contributed by atoms with Gasteiger partial charge in [-0.05, 0) is 48.2 Å². The summed E-state index contributed by atoms with van der Waals surface area (Å²) in [5.41, 5.74) is 2.80. The van der Waals surface area contributed by atoms with Gasteiger partial charge in [0.2, 0.25) is 10.0 Å². The lowest BCUT2D eigenvalue weighted by Crippen LogP contribution is -2.29. The second kappa shape index (κ2) is 6.06. The zero-order valence-electron chi connectivity index (χ0n) is 13.4. The number of rotatable bonds is 3. The van der Waals surface area contributed by atoms with Crippen molar-refractivity contribution in [2.24, 2.45) is 0 Å². The summed E-state index contributed by atoms with van der Waals surface area (Å²) in [5, 5.41) is 0.693. The van der Waals surface area contributed by atoms with Crippen molar-refractivity contribution in [2.45, 2.75) is 37.4 Å². The molecule has 0 aliphatic heterocycles. The van der Waals surface area contributed by atoms with Crippen LogP contribution in [-0.2, 0) is 10.0 Å². The van der Waals surface area contributed by atoms with Crippen LogP contribution in [-0.4, -0.2) is 22.6 Å². The third-order valence-electron chi connectivity index (χ3n) is 4.92. The van der Waals surface area contributed by atoms with Gasteiger partial charge in [-0.3, -0.25) is 4.98 Å². The molecule has 1 fully saturated rings. The van der Waals surface area contributed by atoms with Crippen molar-refractivity contribution >= 4 is 20.9 Å². The van der Waals surface area contributed by atoms with E-state index in [0.717, 1.165) is 54.1 Å². The highest BCUT2D eigenvalue weighted by Crippen LogP contribution is 2.30. The standard InChI is InChI=1S/C19H20N2O2S/c22-24(23,18-4-2-1-3-5-18)21-13-10-16-6-7-17(14-19(16)21)15-8-11-20-12-9-15/h6-14,18H,1-5H2. The van der Waals surface area contributed by atoms with E-state index in [1.54, 1.807) is 18.6 Å². The Morgan fingerprint density at radius 1 is 0.917 bits per heavy atom. The van der Waals surface area contributed by atoms with E-state index in [1.165, 1.54) is 3.97 Å². The predicted molar refractivity (Wildman–Crippen MR) is 96.4 cm³/mol. The molecule has 0 spiro atoms. The van der Waals surface area contributed by atoms with Crippen LogP contribution < -0.4 is 0 Å². The second-order valence-corrected chi connectivity index (χ2v) is 8.52. The molecule has 0 unspecified atom stereocenters. The number of hydrogen-bond acceptors (Lipinski definition) is 3. The van der Waals surface area contributed by atoms with Crippen LogP contribution in [0.1, 0.15) is 32.1 Å². The van der Waals surface area contributed by atoms with Gasteiger partial charge in [0, 0.05) is 24.0 Å². The van der Waals surface area contributed by atoms with Gasteiger partial charge in [-0.15, -0.1) is 0 Å². The van der Waals surface area contributed by atoms with E-state index in [2.05, 4.69) is 4.98 Å². The first-order chi connectivity index (χ1) is 11.7. The van der Waals surface area contributed by atoms with Crippen LogP contribution >= 0.6 is 0 Å². The summed E-state index contributed by atoms with van der Waals surface area (Å²) in [6.45, 7) is 0. The minimum atomic E-state index is -3.34. The molecular formula is C19H20N2O2S. The summed E-state index contributed by atoms with van der Waals surface area (Å²) >= 11 is 0. The molecule has 1 saturated carbocycles. The number of fused-ring (bicyclic) bond motifs is 1. The molecule has 0 radical (unpaired) electrons. The maximum Gasteiger partial charge on any atom is 0.241 e. The summed E-state index contributed by atoms with van der Waals surface area (Å²) in [4.78, 5) is 4.04. The van der Waals surface area contributed by atoms with Gasteiger partial charge in [-0.25, -0.2) is 12.4 Å². The van der Waals surface area contributed by atoms with Crippen molar-refractivity contribution in [3.8, 4) is 11.1 Å². The van der Waals surface area contributed by atoms with Gasteiger partial charge < -0.3 is 0 Å². The average Bonchev–Trinajstić information content (AvgIpc) is 3.07. The first-order valence-corrected chi connectivity index (χ1v) is 9.92. The van der Waals surface area contributed by atoms with Gasteiger partial charge in [0.25, 0.3) is 0 Å². The third kappa shape index (κ3) is 2.63. The topological polar surface area (TPSA) is 52.0 Å². The molecular weight excluding hydrogens is 320 g/mol. The Balaban J connectivity index is 1.81. The maximum absolute atomic E-state index is 13.1. The van der Waals surface area contributed by atoms with E-state index in [4.69, 9.17) is 0 Å². The monoisotopic (exact) mass is 340 g/mol. The number of aromatic nitrogens is 2. The molecule has 1 aliphatic carbocycles. The molecule has 0 amide bonds. The molecule has 5 heteroatoms. The Morgan fingerprint density at radius 2 is 1.67 bits per heavy atom. The van der Waals surface area contributed by atoms with Crippen LogP contribution in [0.3, 0.4) is 0 Å². The van der Waals surface area contributed by atoms with Gasteiger partial charge in [0.15, 0.2) is 0 Å². The zero-order valence-corrected chi connectivity index (χ0v) is 14.2. The van der Waals surface area contributed by atoms with Gasteiger partial charge in [-0.1, -0.05) is 31.4 Å². The molecule has 124 valence electrons. The van der Waals surface area contributed by atoms with E-state index in [-0.39, 0.29) is 5.25 Å². The Morgan fingerprint density at radius 3 is 2.42 bits per heavy atom. The molecule has 2 aromatic heterocycles. The van der Waals surface area contributed by atoms with Crippen LogP contribution in [0.4, 0.5) is 0 Å². The van der Waals surface area contributed by atoms with Crippen LogP contribution in [0.5, 0.6) is 0 Å². The third-order valence-corrected chi connectivity index (χ3v) is 7.10. The summed E-state index contributed by atoms with van der Waals surface area (Å²) < 4.78 is 27.6. The van der Waals surface area contributed by atoms with Crippen molar-refractivity contribution in [2.75, 3.05) is 0 Å². The van der Waals surface area contributed by atoms with Crippen LogP contribution in [0, 0.1) is 0 Å². The van der Waals surface area contributed by atoms with E-state index in [1.807, 2.05) is 36.4 Å². The summed E-state index contributed by atoms with van der Waals surface area (Å²) in [5.74, 6) is 0. The Kier molecular flexibility index (Phi) is 3.88. The van der Waals surface area contributed by atoms with E-state index in [9.17, 15) is 8.42 Å². The average molecular weight is 340 g/mol. The molecule has 0 N–H and O–H groups in total.